The topological polar surface area (TPSA) is 54.0 Å². The summed E-state index contributed by atoms with van der Waals surface area (Å²) in [5, 5.41) is 5.86. The molecule has 0 aliphatic heterocycles. The van der Waals surface area contributed by atoms with Crippen LogP contribution in [0.5, 0.6) is 0 Å². The smallest absolute Gasteiger partial charge is 0.319 e. The Hall–Kier alpha value is -3.14. The normalized spacial score (nSPS) is 11.1. The highest BCUT2D eigenvalue weighted by Crippen LogP contribution is 2.23. The second kappa shape index (κ2) is 8.04. The summed E-state index contributed by atoms with van der Waals surface area (Å²) in [6.45, 7) is 6.76. The van der Waals surface area contributed by atoms with Crippen LogP contribution in [0.2, 0.25) is 0 Å². The number of benzene rings is 2. The minimum absolute atomic E-state index is 0.137. The Balaban J connectivity index is 1.58. The van der Waals surface area contributed by atoms with E-state index in [9.17, 15) is 4.79 Å². The van der Waals surface area contributed by atoms with E-state index < -0.39 is 0 Å². The quantitative estimate of drug-likeness (QED) is 0.661. The number of nitrogens with one attached hydrogen (secondary N) is 2. The Kier molecular flexibility index (Phi) is 5.55. The third-order valence-electron chi connectivity index (χ3n) is 4.62. The summed E-state index contributed by atoms with van der Waals surface area (Å²) in [4.78, 5) is 16.5. The lowest BCUT2D eigenvalue weighted by molar-refractivity contribution is 0.249. The van der Waals surface area contributed by atoms with E-state index >= 15 is 0 Å². The fraction of sp³-hybridized carbons (Fsp3) is 0.217. The molecule has 4 nitrogen and oxygen atoms in total. The van der Waals surface area contributed by atoms with Crippen LogP contribution in [-0.4, -0.2) is 17.6 Å². The standard InChI is InChI=1S/C23H25N3O/c1-17-15-19(13-14-24-17)18-9-11-21(12-10-18)26-22(27)25-16-23(2,3)20-7-5-4-6-8-20/h4-15H,16H2,1-3H3,(H2,25,26,27). The van der Waals surface area contributed by atoms with Crippen molar-refractivity contribution in [3.05, 3.63) is 84.2 Å². The molecule has 2 amide bonds. The summed E-state index contributed by atoms with van der Waals surface area (Å²) in [5.41, 5.74) is 5.01. The van der Waals surface area contributed by atoms with Crippen LogP contribution in [0.1, 0.15) is 25.1 Å². The number of carbonyl (C=O) groups excluding carboxylic acids is 1. The van der Waals surface area contributed by atoms with Crippen molar-refractivity contribution in [2.75, 3.05) is 11.9 Å². The molecule has 0 fully saturated rings. The molecule has 0 saturated heterocycles. The zero-order valence-electron chi connectivity index (χ0n) is 16.0. The van der Waals surface area contributed by atoms with Crippen LogP contribution in [0.3, 0.4) is 0 Å². The highest BCUT2D eigenvalue weighted by Gasteiger charge is 2.21. The van der Waals surface area contributed by atoms with Crippen LogP contribution in [0.15, 0.2) is 72.9 Å². The Morgan fingerprint density at radius 2 is 1.67 bits per heavy atom. The molecule has 0 saturated carbocycles. The zero-order valence-corrected chi connectivity index (χ0v) is 16.0. The van der Waals surface area contributed by atoms with Crippen LogP contribution in [0.4, 0.5) is 10.5 Å². The van der Waals surface area contributed by atoms with E-state index in [1.165, 1.54) is 5.56 Å². The zero-order chi connectivity index (χ0) is 19.3. The van der Waals surface area contributed by atoms with Gasteiger partial charge in [-0.3, -0.25) is 4.98 Å². The van der Waals surface area contributed by atoms with Gasteiger partial charge >= 0.3 is 6.03 Å². The van der Waals surface area contributed by atoms with Gasteiger partial charge in [0.25, 0.3) is 0 Å². The summed E-state index contributed by atoms with van der Waals surface area (Å²) < 4.78 is 0. The maximum atomic E-state index is 12.3. The van der Waals surface area contributed by atoms with Crippen molar-refractivity contribution >= 4 is 11.7 Å². The summed E-state index contributed by atoms with van der Waals surface area (Å²) in [7, 11) is 0. The second-order valence-electron chi connectivity index (χ2n) is 7.32. The van der Waals surface area contributed by atoms with Crippen molar-refractivity contribution in [1.82, 2.24) is 10.3 Å². The average molecular weight is 359 g/mol. The fourth-order valence-electron chi connectivity index (χ4n) is 2.94. The van der Waals surface area contributed by atoms with Gasteiger partial charge in [0.1, 0.15) is 0 Å². The highest BCUT2D eigenvalue weighted by atomic mass is 16.2. The van der Waals surface area contributed by atoms with Gasteiger partial charge in [-0.1, -0.05) is 56.3 Å². The van der Waals surface area contributed by atoms with E-state index in [0.717, 1.165) is 22.5 Å². The van der Waals surface area contributed by atoms with Gasteiger partial charge in [-0.15, -0.1) is 0 Å². The molecule has 2 N–H and O–H groups in total. The Labute approximate surface area is 160 Å². The first-order chi connectivity index (χ1) is 12.9. The van der Waals surface area contributed by atoms with Crippen LogP contribution in [0.25, 0.3) is 11.1 Å². The molecule has 138 valence electrons. The number of amides is 2. The van der Waals surface area contributed by atoms with E-state index in [-0.39, 0.29) is 11.4 Å². The van der Waals surface area contributed by atoms with Gasteiger partial charge in [-0.05, 0) is 47.9 Å². The Bertz CT molecular complexity index is 902. The number of anilines is 1. The molecule has 0 atom stereocenters. The van der Waals surface area contributed by atoms with Crippen LogP contribution in [0, 0.1) is 6.92 Å². The van der Waals surface area contributed by atoms with Gasteiger partial charge in [-0.25, -0.2) is 4.79 Å². The van der Waals surface area contributed by atoms with E-state index in [0.29, 0.717) is 6.54 Å². The van der Waals surface area contributed by atoms with Crippen molar-refractivity contribution in [3.8, 4) is 11.1 Å². The summed E-state index contributed by atoms with van der Waals surface area (Å²) in [6, 6.07) is 21.8. The molecule has 3 rings (SSSR count). The minimum Gasteiger partial charge on any atom is -0.337 e. The minimum atomic E-state index is -0.202. The number of aryl methyl sites for hydroxylation is 1. The lowest BCUT2D eigenvalue weighted by atomic mass is 9.85. The molecule has 0 aliphatic carbocycles. The maximum Gasteiger partial charge on any atom is 0.319 e. The summed E-state index contributed by atoms with van der Waals surface area (Å²) in [6.07, 6.45) is 1.80. The van der Waals surface area contributed by atoms with E-state index in [1.807, 2.05) is 61.5 Å². The largest absolute Gasteiger partial charge is 0.337 e. The molecular weight excluding hydrogens is 334 g/mol. The van der Waals surface area contributed by atoms with Crippen molar-refractivity contribution < 1.29 is 4.79 Å². The van der Waals surface area contributed by atoms with Crippen molar-refractivity contribution in [3.63, 3.8) is 0 Å². The third-order valence-corrected chi connectivity index (χ3v) is 4.62. The summed E-state index contributed by atoms with van der Waals surface area (Å²) in [5.74, 6) is 0. The first kappa shape index (κ1) is 18.6. The average Bonchev–Trinajstić information content (AvgIpc) is 2.68. The number of rotatable bonds is 5. The molecule has 0 radical (unpaired) electrons. The predicted molar refractivity (Wildman–Crippen MR) is 111 cm³/mol. The molecule has 3 aromatic rings. The maximum absolute atomic E-state index is 12.3. The van der Waals surface area contributed by atoms with Gasteiger partial charge in [0.15, 0.2) is 0 Å². The SMILES string of the molecule is Cc1cc(-c2ccc(NC(=O)NCC(C)(C)c3ccccc3)cc2)ccn1. The van der Waals surface area contributed by atoms with Gasteiger partial charge in [0, 0.05) is 29.5 Å². The van der Waals surface area contributed by atoms with Crippen LogP contribution < -0.4 is 10.6 Å². The van der Waals surface area contributed by atoms with Gasteiger partial charge in [0.2, 0.25) is 0 Å². The van der Waals surface area contributed by atoms with E-state index in [1.54, 1.807) is 6.20 Å². The Morgan fingerprint density at radius 1 is 0.963 bits per heavy atom. The molecule has 0 bridgehead atoms. The molecule has 0 spiro atoms. The second-order valence-corrected chi connectivity index (χ2v) is 7.32. The molecule has 2 aromatic carbocycles. The van der Waals surface area contributed by atoms with Gasteiger partial charge in [0.05, 0.1) is 0 Å². The van der Waals surface area contributed by atoms with Gasteiger partial charge in [-0.2, -0.15) is 0 Å². The molecule has 4 heteroatoms. The van der Waals surface area contributed by atoms with E-state index in [4.69, 9.17) is 0 Å². The number of aromatic nitrogens is 1. The third kappa shape index (κ3) is 4.94. The van der Waals surface area contributed by atoms with Crippen LogP contribution >= 0.6 is 0 Å². The number of nitrogens with zero attached hydrogens (tertiary/aromatic N) is 1. The van der Waals surface area contributed by atoms with Crippen molar-refractivity contribution in [1.29, 1.82) is 0 Å². The van der Waals surface area contributed by atoms with Crippen molar-refractivity contribution in [2.45, 2.75) is 26.2 Å². The lowest BCUT2D eigenvalue weighted by Crippen LogP contribution is -2.38. The van der Waals surface area contributed by atoms with Crippen LogP contribution in [-0.2, 0) is 5.41 Å². The first-order valence-corrected chi connectivity index (χ1v) is 9.07. The molecule has 0 unspecified atom stereocenters. The number of pyridine rings is 1. The predicted octanol–water partition coefficient (Wildman–Crippen LogP) is 5.16. The first-order valence-electron chi connectivity index (χ1n) is 9.07. The lowest BCUT2D eigenvalue weighted by Gasteiger charge is -2.25. The monoisotopic (exact) mass is 359 g/mol. The number of hydrogen-bond donors (Lipinski definition) is 2. The van der Waals surface area contributed by atoms with Gasteiger partial charge < -0.3 is 10.6 Å². The number of urea groups is 1. The van der Waals surface area contributed by atoms with Crippen molar-refractivity contribution in [2.24, 2.45) is 0 Å². The molecule has 0 aliphatic rings. The fourth-order valence-corrected chi connectivity index (χ4v) is 2.94. The molecule has 1 aromatic heterocycles. The molecular formula is C23H25N3O. The molecule has 27 heavy (non-hydrogen) atoms. The molecule has 1 heterocycles. The highest BCUT2D eigenvalue weighted by molar-refractivity contribution is 5.89. The number of carbonyl (C=O) groups is 1. The summed E-state index contributed by atoms with van der Waals surface area (Å²) >= 11 is 0. The Morgan fingerprint density at radius 3 is 2.33 bits per heavy atom. The number of hydrogen-bond acceptors (Lipinski definition) is 2. The van der Waals surface area contributed by atoms with E-state index in [2.05, 4.69) is 41.6 Å².